The molecule has 0 aliphatic rings. The summed E-state index contributed by atoms with van der Waals surface area (Å²) >= 11 is 0. The maximum Gasteiger partial charge on any atom is 0.257 e. The number of rotatable bonds is 3. The summed E-state index contributed by atoms with van der Waals surface area (Å²) in [5, 5.41) is 8.82. The first-order chi connectivity index (χ1) is 9.15. The zero-order valence-electron chi connectivity index (χ0n) is 10.9. The number of carbonyl (C=O) groups is 1. The Labute approximate surface area is 111 Å². The van der Waals surface area contributed by atoms with E-state index in [-0.39, 0.29) is 18.5 Å². The van der Waals surface area contributed by atoms with Crippen LogP contribution in [0.2, 0.25) is 0 Å². The van der Waals surface area contributed by atoms with Crippen LogP contribution in [0.3, 0.4) is 0 Å². The Bertz CT molecular complexity index is 640. The number of carbonyl (C=O) groups excluding carboxylic acids is 1. The molecule has 0 saturated carbocycles. The minimum atomic E-state index is -0.192. The number of benzene rings is 1. The van der Waals surface area contributed by atoms with Crippen molar-refractivity contribution in [3.05, 3.63) is 36.2 Å². The summed E-state index contributed by atoms with van der Waals surface area (Å²) in [7, 11) is 0. The fraction of sp³-hybridized carbons (Fsp3) is 0.286. The van der Waals surface area contributed by atoms with Gasteiger partial charge in [0.1, 0.15) is 12.1 Å². The molecule has 96 valence electrons. The highest BCUT2D eigenvalue weighted by molar-refractivity contribution is 6.04. The van der Waals surface area contributed by atoms with Crippen LogP contribution < -0.4 is 0 Å². The number of hydrogen-bond acceptors (Lipinski definition) is 4. The molecule has 0 bridgehead atoms. The van der Waals surface area contributed by atoms with E-state index < -0.39 is 0 Å². The highest BCUT2D eigenvalue weighted by atomic mass is 16.2. The fourth-order valence-electron chi connectivity index (χ4n) is 1.89. The first-order valence-corrected chi connectivity index (χ1v) is 6.02. The van der Waals surface area contributed by atoms with Gasteiger partial charge in [-0.2, -0.15) is 5.26 Å². The van der Waals surface area contributed by atoms with E-state index >= 15 is 0 Å². The molecular weight excluding hydrogens is 240 g/mol. The summed E-state index contributed by atoms with van der Waals surface area (Å²) in [5.41, 5.74) is 1.72. The molecule has 0 unspecified atom stereocenters. The van der Waals surface area contributed by atoms with Crippen molar-refractivity contribution in [2.75, 3.05) is 6.54 Å². The second-order valence-electron chi connectivity index (χ2n) is 4.41. The van der Waals surface area contributed by atoms with Crippen LogP contribution in [0.15, 0.2) is 30.6 Å². The Kier molecular flexibility index (Phi) is 3.71. The molecule has 0 saturated heterocycles. The van der Waals surface area contributed by atoms with E-state index in [1.165, 1.54) is 4.90 Å². The van der Waals surface area contributed by atoms with Crippen LogP contribution in [0.1, 0.15) is 24.2 Å². The van der Waals surface area contributed by atoms with Gasteiger partial charge in [0, 0.05) is 18.4 Å². The van der Waals surface area contributed by atoms with Crippen LogP contribution in [0, 0.1) is 11.3 Å². The number of aromatic nitrogens is 2. The van der Waals surface area contributed by atoms with Crippen LogP contribution in [0.4, 0.5) is 0 Å². The van der Waals surface area contributed by atoms with E-state index in [9.17, 15) is 4.79 Å². The molecular formula is C14H14N4O. The van der Waals surface area contributed by atoms with Crippen molar-refractivity contribution in [2.45, 2.75) is 19.9 Å². The third-order valence-electron chi connectivity index (χ3n) is 2.85. The van der Waals surface area contributed by atoms with Crippen molar-refractivity contribution >= 4 is 16.9 Å². The predicted molar refractivity (Wildman–Crippen MR) is 71.3 cm³/mol. The average Bonchev–Trinajstić information content (AvgIpc) is 2.43. The van der Waals surface area contributed by atoms with Crippen molar-refractivity contribution in [1.29, 1.82) is 5.26 Å². The van der Waals surface area contributed by atoms with E-state index in [1.807, 2.05) is 26.0 Å². The summed E-state index contributed by atoms with van der Waals surface area (Å²) < 4.78 is 0. The first-order valence-electron chi connectivity index (χ1n) is 6.02. The third kappa shape index (κ3) is 2.52. The van der Waals surface area contributed by atoms with Crippen LogP contribution in [0.5, 0.6) is 0 Å². The van der Waals surface area contributed by atoms with Crippen molar-refractivity contribution in [1.82, 2.24) is 14.9 Å². The zero-order valence-corrected chi connectivity index (χ0v) is 10.9. The lowest BCUT2D eigenvalue weighted by Crippen LogP contribution is -2.37. The van der Waals surface area contributed by atoms with E-state index in [2.05, 4.69) is 9.97 Å². The lowest BCUT2D eigenvalue weighted by molar-refractivity contribution is 0.0733. The van der Waals surface area contributed by atoms with Gasteiger partial charge in [-0.05, 0) is 26.0 Å². The molecule has 0 radical (unpaired) electrons. The quantitative estimate of drug-likeness (QED) is 0.785. The van der Waals surface area contributed by atoms with E-state index in [4.69, 9.17) is 5.26 Å². The van der Waals surface area contributed by atoms with E-state index in [0.29, 0.717) is 16.6 Å². The number of fused-ring (bicyclic) bond motifs is 1. The van der Waals surface area contributed by atoms with Crippen molar-refractivity contribution in [2.24, 2.45) is 0 Å². The summed E-state index contributed by atoms with van der Waals surface area (Å²) in [5.74, 6) is -0.192. The highest BCUT2D eigenvalue weighted by Gasteiger charge is 2.20. The average molecular weight is 254 g/mol. The lowest BCUT2D eigenvalue weighted by Gasteiger charge is -2.24. The Balaban J connectivity index is 2.49. The SMILES string of the molecule is CC(C)N(CC#N)C(=O)c1cccc2nccnc12. The summed E-state index contributed by atoms with van der Waals surface area (Å²) in [6, 6.07) is 7.27. The Morgan fingerprint density at radius 3 is 2.79 bits per heavy atom. The summed E-state index contributed by atoms with van der Waals surface area (Å²) in [4.78, 5) is 22.4. The molecule has 0 N–H and O–H groups in total. The van der Waals surface area contributed by atoms with Crippen LogP contribution in [0.25, 0.3) is 11.0 Å². The third-order valence-corrected chi connectivity index (χ3v) is 2.85. The Hall–Kier alpha value is -2.48. The molecule has 0 aliphatic heterocycles. The number of nitrogens with zero attached hydrogens (tertiary/aromatic N) is 4. The molecule has 1 aromatic carbocycles. The minimum Gasteiger partial charge on any atom is -0.323 e. The van der Waals surface area contributed by atoms with Gasteiger partial charge in [-0.1, -0.05) is 6.07 Å². The van der Waals surface area contributed by atoms with E-state index in [1.54, 1.807) is 24.5 Å². The second kappa shape index (κ2) is 5.44. The predicted octanol–water partition coefficient (Wildman–Crippen LogP) is 2.00. The van der Waals surface area contributed by atoms with Gasteiger partial charge in [-0.25, -0.2) is 0 Å². The van der Waals surface area contributed by atoms with Crippen LogP contribution >= 0.6 is 0 Å². The lowest BCUT2D eigenvalue weighted by atomic mass is 10.1. The molecule has 5 heteroatoms. The number of amides is 1. The largest absolute Gasteiger partial charge is 0.323 e. The van der Waals surface area contributed by atoms with Crippen LogP contribution in [-0.4, -0.2) is 33.4 Å². The van der Waals surface area contributed by atoms with Crippen molar-refractivity contribution < 1.29 is 4.79 Å². The standard InChI is InChI=1S/C14H14N4O/c1-10(2)18(9-6-15)14(19)11-4-3-5-12-13(11)17-8-7-16-12/h3-5,7-8,10H,9H2,1-2H3. The molecule has 5 nitrogen and oxygen atoms in total. The highest BCUT2D eigenvalue weighted by Crippen LogP contribution is 2.17. The number of nitriles is 1. The molecule has 0 aliphatic carbocycles. The molecule has 19 heavy (non-hydrogen) atoms. The van der Waals surface area contributed by atoms with Gasteiger partial charge in [0.25, 0.3) is 5.91 Å². The molecule has 1 aromatic heterocycles. The minimum absolute atomic E-state index is 0.0425. The summed E-state index contributed by atoms with van der Waals surface area (Å²) in [6.45, 7) is 3.82. The maximum absolute atomic E-state index is 12.5. The molecule has 0 spiro atoms. The monoisotopic (exact) mass is 254 g/mol. The molecule has 0 atom stereocenters. The zero-order chi connectivity index (χ0) is 13.8. The van der Waals surface area contributed by atoms with Gasteiger partial charge in [0.2, 0.25) is 0 Å². The summed E-state index contributed by atoms with van der Waals surface area (Å²) in [6.07, 6.45) is 3.15. The molecule has 1 heterocycles. The topological polar surface area (TPSA) is 69.9 Å². The Morgan fingerprint density at radius 1 is 1.37 bits per heavy atom. The van der Waals surface area contributed by atoms with Gasteiger partial charge in [-0.3, -0.25) is 14.8 Å². The Morgan fingerprint density at radius 2 is 2.11 bits per heavy atom. The van der Waals surface area contributed by atoms with Gasteiger partial charge < -0.3 is 4.90 Å². The molecule has 0 fully saturated rings. The van der Waals surface area contributed by atoms with Gasteiger partial charge in [-0.15, -0.1) is 0 Å². The van der Waals surface area contributed by atoms with Gasteiger partial charge >= 0.3 is 0 Å². The van der Waals surface area contributed by atoms with Crippen molar-refractivity contribution in [3.63, 3.8) is 0 Å². The molecule has 2 aromatic rings. The second-order valence-corrected chi connectivity index (χ2v) is 4.41. The smallest absolute Gasteiger partial charge is 0.257 e. The van der Waals surface area contributed by atoms with E-state index in [0.717, 1.165) is 0 Å². The first kappa shape index (κ1) is 13.0. The maximum atomic E-state index is 12.5. The van der Waals surface area contributed by atoms with Crippen molar-refractivity contribution in [3.8, 4) is 6.07 Å². The van der Waals surface area contributed by atoms with Gasteiger partial charge in [0.05, 0.1) is 17.1 Å². The van der Waals surface area contributed by atoms with Gasteiger partial charge in [0.15, 0.2) is 0 Å². The number of para-hydroxylation sites is 1. The fourth-order valence-corrected chi connectivity index (χ4v) is 1.89. The molecule has 2 rings (SSSR count). The normalized spacial score (nSPS) is 10.4. The molecule has 1 amide bonds. The van der Waals surface area contributed by atoms with Crippen LogP contribution in [-0.2, 0) is 0 Å². The number of hydrogen-bond donors (Lipinski definition) is 0.